The van der Waals surface area contributed by atoms with Crippen molar-refractivity contribution < 1.29 is 14.3 Å². The minimum absolute atomic E-state index is 0.0407. The first-order chi connectivity index (χ1) is 8.50. The van der Waals surface area contributed by atoms with Crippen molar-refractivity contribution in [3.05, 3.63) is 34.6 Å². The quantitative estimate of drug-likeness (QED) is 0.841. The van der Waals surface area contributed by atoms with E-state index >= 15 is 0 Å². The molecule has 2 atom stereocenters. The Morgan fingerprint density at radius 3 is 2.83 bits per heavy atom. The number of carbonyl (C=O) groups excluding carboxylic acids is 1. The number of nitrogens with zero attached hydrogens (tertiary/aromatic N) is 1. The average molecular weight is 273 g/mol. The van der Waals surface area contributed by atoms with Crippen molar-refractivity contribution in [3.8, 4) is 0 Å². The standard InChI is InChI=1S/C12H14ClFN2O2/c1-16(10-5-15-6-11(10)17)12(18)8-3-2-7(13)4-9(8)14/h2-4,10-11,15,17H,5-6H2,1H3/t10-,11-/m0/s1. The van der Waals surface area contributed by atoms with E-state index in [0.717, 1.165) is 6.07 Å². The molecule has 0 radical (unpaired) electrons. The van der Waals surface area contributed by atoms with E-state index in [2.05, 4.69) is 5.32 Å². The number of aliphatic hydroxyl groups excluding tert-OH is 1. The van der Waals surface area contributed by atoms with Crippen LogP contribution in [0.1, 0.15) is 10.4 Å². The lowest BCUT2D eigenvalue weighted by atomic mass is 10.1. The predicted molar refractivity (Wildman–Crippen MR) is 66.2 cm³/mol. The van der Waals surface area contributed by atoms with E-state index < -0.39 is 17.8 Å². The van der Waals surface area contributed by atoms with Gasteiger partial charge in [0.15, 0.2) is 0 Å². The Hall–Kier alpha value is -1.17. The minimum Gasteiger partial charge on any atom is -0.390 e. The van der Waals surface area contributed by atoms with Crippen molar-refractivity contribution in [2.45, 2.75) is 12.1 Å². The Bertz CT molecular complexity index is 469. The number of hydrogen-bond donors (Lipinski definition) is 2. The Balaban J connectivity index is 2.20. The molecule has 1 heterocycles. The van der Waals surface area contributed by atoms with Crippen LogP contribution >= 0.6 is 11.6 Å². The number of carbonyl (C=O) groups is 1. The van der Waals surface area contributed by atoms with E-state index in [0.29, 0.717) is 13.1 Å². The van der Waals surface area contributed by atoms with E-state index in [4.69, 9.17) is 11.6 Å². The maximum absolute atomic E-state index is 13.6. The van der Waals surface area contributed by atoms with Crippen LogP contribution in [0.3, 0.4) is 0 Å². The number of benzene rings is 1. The van der Waals surface area contributed by atoms with E-state index in [1.807, 2.05) is 0 Å². The molecule has 1 aromatic carbocycles. The summed E-state index contributed by atoms with van der Waals surface area (Å²) in [5.41, 5.74) is -0.0407. The molecular weight excluding hydrogens is 259 g/mol. The molecule has 1 aliphatic heterocycles. The molecule has 0 spiro atoms. The Morgan fingerprint density at radius 2 is 2.28 bits per heavy atom. The van der Waals surface area contributed by atoms with Gasteiger partial charge in [-0.25, -0.2) is 4.39 Å². The van der Waals surface area contributed by atoms with Gasteiger partial charge in [0, 0.05) is 25.2 Å². The third kappa shape index (κ3) is 2.48. The van der Waals surface area contributed by atoms with E-state index in [9.17, 15) is 14.3 Å². The van der Waals surface area contributed by atoms with Crippen LogP contribution in [0.15, 0.2) is 18.2 Å². The second kappa shape index (κ2) is 5.22. The average Bonchev–Trinajstić information content (AvgIpc) is 2.74. The van der Waals surface area contributed by atoms with Crippen molar-refractivity contribution in [1.82, 2.24) is 10.2 Å². The summed E-state index contributed by atoms with van der Waals surface area (Å²) in [5.74, 6) is -1.11. The number of hydrogen-bond acceptors (Lipinski definition) is 3. The fourth-order valence-corrected chi connectivity index (χ4v) is 2.21. The van der Waals surface area contributed by atoms with Gasteiger partial charge >= 0.3 is 0 Å². The lowest BCUT2D eigenvalue weighted by molar-refractivity contribution is 0.0577. The zero-order chi connectivity index (χ0) is 13.3. The first kappa shape index (κ1) is 13.3. The number of aliphatic hydroxyl groups is 1. The normalized spacial score (nSPS) is 23.1. The second-order valence-electron chi connectivity index (χ2n) is 4.33. The molecule has 0 unspecified atom stereocenters. The van der Waals surface area contributed by atoms with Gasteiger partial charge < -0.3 is 15.3 Å². The van der Waals surface area contributed by atoms with E-state index in [-0.39, 0.29) is 16.6 Å². The SMILES string of the molecule is CN(C(=O)c1ccc(Cl)cc1F)[C@H]1CNC[C@@H]1O. The number of halogens is 2. The van der Waals surface area contributed by atoms with Gasteiger partial charge in [-0.15, -0.1) is 0 Å². The second-order valence-corrected chi connectivity index (χ2v) is 4.77. The first-order valence-corrected chi connectivity index (χ1v) is 5.99. The Labute approximate surface area is 109 Å². The zero-order valence-electron chi connectivity index (χ0n) is 9.86. The van der Waals surface area contributed by atoms with Crippen LogP contribution < -0.4 is 5.32 Å². The lowest BCUT2D eigenvalue weighted by Crippen LogP contribution is -2.44. The molecule has 1 aromatic rings. The third-order valence-corrected chi connectivity index (χ3v) is 3.37. The van der Waals surface area contributed by atoms with Crippen molar-refractivity contribution >= 4 is 17.5 Å². The molecule has 0 aromatic heterocycles. The van der Waals surface area contributed by atoms with Crippen LogP contribution in [0.5, 0.6) is 0 Å². The number of nitrogens with one attached hydrogen (secondary N) is 1. The third-order valence-electron chi connectivity index (χ3n) is 3.13. The summed E-state index contributed by atoms with van der Waals surface area (Å²) >= 11 is 5.64. The summed E-state index contributed by atoms with van der Waals surface area (Å²) in [4.78, 5) is 13.5. The monoisotopic (exact) mass is 272 g/mol. The van der Waals surface area contributed by atoms with Gasteiger partial charge in [-0.3, -0.25) is 4.79 Å². The smallest absolute Gasteiger partial charge is 0.256 e. The van der Waals surface area contributed by atoms with Gasteiger partial charge in [-0.2, -0.15) is 0 Å². The summed E-state index contributed by atoms with van der Waals surface area (Å²) in [7, 11) is 1.55. The summed E-state index contributed by atoms with van der Waals surface area (Å²) in [6.45, 7) is 0.935. The van der Waals surface area contributed by atoms with Crippen molar-refractivity contribution in [1.29, 1.82) is 0 Å². The molecule has 1 fully saturated rings. The van der Waals surface area contributed by atoms with Gasteiger partial charge in [0.1, 0.15) is 5.82 Å². The number of likely N-dealkylation sites (N-methyl/N-ethyl adjacent to an activating group) is 1. The summed E-state index contributed by atoms with van der Waals surface area (Å²) in [6, 6.07) is 3.58. The molecule has 18 heavy (non-hydrogen) atoms. The Kier molecular flexibility index (Phi) is 3.85. The van der Waals surface area contributed by atoms with Gasteiger partial charge in [0.2, 0.25) is 0 Å². The lowest BCUT2D eigenvalue weighted by Gasteiger charge is -2.26. The molecule has 0 bridgehead atoms. The minimum atomic E-state index is -0.653. The number of amides is 1. The summed E-state index contributed by atoms with van der Waals surface area (Å²) < 4.78 is 13.6. The van der Waals surface area contributed by atoms with Crippen molar-refractivity contribution in [3.63, 3.8) is 0 Å². The topological polar surface area (TPSA) is 52.6 Å². The van der Waals surface area contributed by atoms with Gasteiger partial charge in [0.05, 0.1) is 17.7 Å². The molecule has 1 saturated heterocycles. The molecule has 6 heteroatoms. The van der Waals surface area contributed by atoms with Gasteiger partial charge in [-0.05, 0) is 18.2 Å². The maximum atomic E-state index is 13.6. The van der Waals surface area contributed by atoms with E-state index in [1.165, 1.54) is 17.0 Å². The molecule has 1 amide bonds. The van der Waals surface area contributed by atoms with E-state index in [1.54, 1.807) is 7.05 Å². The molecule has 1 aliphatic rings. The number of rotatable bonds is 2. The Morgan fingerprint density at radius 1 is 1.56 bits per heavy atom. The van der Waals surface area contributed by atoms with Crippen molar-refractivity contribution in [2.24, 2.45) is 0 Å². The van der Waals surface area contributed by atoms with Crippen LogP contribution in [0.2, 0.25) is 5.02 Å². The predicted octanol–water partition coefficient (Wildman–Crippen LogP) is 0.884. The van der Waals surface area contributed by atoms with Crippen LogP contribution in [-0.2, 0) is 0 Å². The summed E-state index contributed by atoms with van der Waals surface area (Å²) in [5, 5.41) is 12.9. The van der Waals surface area contributed by atoms with Gasteiger partial charge in [-0.1, -0.05) is 11.6 Å². The first-order valence-electron chi connectivity index (χ1n) is 5.61. The molecule has 98 valence electrons. The zero-order valence-corrected chi connectivity index (χ0v) is 10.6. The molecule has 2 N–H and O–H groups in total. The van der Waals surface area contributed by atoms with Crippen LogP contribution in [0.25, 0.3) is 0 Å². The van der Waals surface area contributed by atoms with Crippen LogP contribution in [0, 0.1) is 5.82 Å². The molecule has 2 rings (SSSR count). The fraction of sp³-hybridized carbons (Fsp3) is 0.417. The molecule has 0 aliphatic carbocycles. The van der Waals surface area contributed by atoms with Gasteiger partial charge in [0.25, 0.3) is 5.91 Å². The largest absolute Gasteiger partial charge is 0.390 e. The highest BCUT2D eigenvalue weighted by Gasteiger charge is 2.32. The maximum Gasteiger partial charge on any atom is 0.256 e. The number of β-amino-alcohol motifs (C(OH)–C–C–N with tert-alkyl or cyclic N) is 1. The molecule has 4 nitrogen and oxygen atoms in total. The highest BCUT2D eigenvalue weighted by atomic mass is 35.5. The molecular formula is C12H14ClFN2O2. The van der Waals surface area contributed by atoms with Crippen LogP contribution in [0.4, 0.5) is 4.39 Å². The van der Waals surface area contributed by atoms with Crippen LogP contribution in [-0.4, -0.2) is 48.2 Å². The molecule has 0 saturated carbocycles. The summed E-state index contributed by atoms with van der Waals surface area (Å²) in [6.07, 6.45) is -0.630. The highest BCUT2D eigenvalue weighted by Crippen LogP contribution is 2.18. The fourth-order valence-electron chi connectivity index (χ4n) is 2.05. The van der Waals surface area contributed by atoms with Crippen molar-refractivity contribution in [2.75, 3.05) is 20.1 Å². The highest BCUT2D eigenvalue weighted by molar-refractivity contribution is 6.30.